The minimum Gasteiger partial charge on any atom is -0.373 e. The molecule has 2 aromatic rings. The molecule has 0 amide bonds. The lowest BCUT2D eigenvalue weighted by atomic mass is 9.97. The first-order valence-electron chi connectivity index (χ1n) is 7.70. The van der Waals surface area contributed by atoms with Crippen molar-refractivity contribution in [2.24, 2.45) is 0 Å². The van der Waals surface area contributed by atoms with Crippen LogP contribution in [0.2, 0.25) is 0 Å². The monoisotopic (exact) mass is 301 g/mol. The van der Waals surface area contributed by atoms with Crippen LogP contribution in [-0.4, -0.2) is 22.6 Å². The standard InChI is InChI=1S/C17H20FN3O/c1-2-14-16(18)17(20-11-19-14)21-13-8-9-22-15(10-13)12-6-4-3-5-7-12/h3-7,11,13,15H,2,8-10H2,1H3,(H,19,20,21)/t13-,15+/m0/s1. The van der Waals surface area contributed by atoms with Crippen molar-refractivity contribution in [3.05, 3.63) is 53.7 Å². The van der Waals surface area contributed by atoms with Gasteiger partial charge in [0, 0.05) is 12.6 Å². The van der Waals surface area contributed by atoms with Crippen LogP contribution in [0, 0.1) is 5.82 Å². The van der Waals surface area contributed by atoms with Crippen molar-refractivity contribution in [1.29, 1.82) is 0 Å². The van der Waals surface area contributed by atoms with E-state index in [2.05, 4.69) is 27.4 Å². The first-order valence-corrected chi connectivity index (χ1v) is 7.70. The van der Waals surface area contributed by atoms with Crippen molar-refractivity contribution >= 4 is 5.82 Å². The van der Waals surface area contributed by atoms with E-state index in [0.717, 1.165) is 18.4 Å². The molecule has 1 N–H and O–H groups in total. The maximum Gasteiger partial charge on any atom is 0.186 e. The molecule has 3 rings (SSSR count). The van der Waals surface area contributed by atoms with E-state index in [0.29, 0.717) is 24.5 Å². The Kier molecular flexibility index (Phi) is 4.63. The smallest absolute Gasteiger partial charge is 0.186 e. The lowest BCUT2D eigenvalue weighted by molar-refractivity contribution is 0.00969. The zero-order chi connectivity index (χ0) is 15.4. The number of hydrogen-bond acceptors (Lipinski definition) is 4. The summed E-state index contributed by atoms with van der Waals surface area (Å²) in [5, 5.41) is 3.22. The van der Waals surface area contributed by atoms with Gasteiger partial charge in [-0.15, -0.1) is 0 Å². The molecule has 1 aromatic carbocycles. The molecule has 0 radical (unpaired) electrons. The van der Waals surface area contributed by atoms with Gasteiger partial charge in [0.2, 0.25) is 0 Å². The number of hydrogen-bond donors (Lipinski definition) is 1. The average molecular weight is 301 g/mol. The van der Waals surface area contributed by atoms with Gasteiger partial charge in [-0.05, 0) is 24.8 Å². The third kappa shape index (κ3) is 3.25. The summed E-state index contributed by atoms with van der Waals surface area (Å²) in [7, 11) is 0. The number of nitrogens with one attached hydrogen (secondary N) is 1. The van der Waals surface area contributed by atoms with Crippen LogP contribution in [0.1, 0.15) is 37.1 Å². The van der Waals surface area contributed by atoms with Crippen molar-refractivity contribution in [2.75, 3.05) is 11.9 Å². The number of aromatic nitrogens is 2. The van der Waals surface area contributed by atoms with E-state index in [1.165, 1.54) is 6.33 Å². The van der Waals surface area contributed by atoms with E-state index in [1.807, 2.05) is 25.1 Å². The SMILES string of the molecule is CCc1ncnc(N[C@H]2CCO[C@@H](c3ccccc3)C2)c1F. The van der Waals surface area contributed by atoms with Crippen molar-refractivity contribution in [1.82, 2.24) is 9.97 Å². The molecule has 2 heterocycles. The molecule has 1 aromatic heterocycles. The van der Waals surface area contributed by atoms with Crippen LogP contribution in [0.5, 0.6) is 0 Å². The second kappa shape index (κ2) is 6.83. The number of halogens is 1. The third-order valence-electron chi connectivity index (χ3n) is 3.99. The predicted octanol–water partition coefficient (Wildman–Crippen LogP) is 3.51. The molecule has 4 nitrogen and oxygen atoms in total. The second-order valence-electron chi connectivity index (χ2n) is 5.47. The van der Waals surface area contributed by atoms with Gasteiger partial charge in [-0.1, -0.05) is 37.3 Å². The highest BCUT2D eigenvalue weighted by Gasteiger charge is 2.25. The molecule has 1 fully saturated rings. The Morgan fingerprint density at radius 2 is 2.09 bits per heavy atom. The van der Waals surface area contributed by atoms with Crippen molar-refractivity contribution < 1.29 is 9.13 Å². The summed E-state index contributed by atoms with van der Waals surface area (Å²) in [6.45, 7) is 2.54. The highest BCUT2D eigenvalue weighted by molar-refractivity contribution is 5.38. The number of benzene rings is 1. The maximum atomic E-state index is 14.2. The molecule has 5 heteroatoms. The van der Waals surface area contributed by atoms with E-state index < -0.39 is 0 Å². The molecule has 116 valence electrons. The quantitative estimate of drug-likeness (QED) is 0.938. The van der Waals surface area contributed by atoms with Crippen LogP contribution >= 0.6 is 0 Å². The van der Waals surface area contributed by atoms with Crippen molar-refractivity contribution in [3.8, 4) is 0 Å². The number of aryl methyl sites for hydroxylation is 1. The molecule has 0 unspecified atom stereocenters. The second-order valence-corrected chi connectivity index (χ2v) is 5.47. The molecule has 0 bridgehead atoms. The minimum absolute atomic E-state index is 0.0444. The molecule has 2 atom stereocenters. The van der Waals surface area contributed by atoms with Gasteiger partial charge in [0.25, 0.3) is 0 Å². The summed E-state index contributed by atoms with van der Waals surface area (Å²) in [4.78, 5) is 8.00. The van der Waals surface area contributed by atoms with Gasteiger partial charge in [0.05, 0.1) is 11.8 Å². The Labute approximate surface area is 129 Å². The Morgan fingerprint density at radius 1 is 1.27 bits per heavy atom. The summed E-state index contributed by atoms with van der Waals surface area (Å²) in [5.74, 6) is -0.0432. The Morgan fingerprint density at radius 3 is 2.86 bits per heavy atom. The summed E-state index contributed by atoms with van der Waals surface area (Å²) < 4.78 is 20.1. The molecule has 1 aliphatic heterocycles. The van der Waals surface area contributed by atoms with Crippen LogP contribution in [0.4, 0.5) is 10.2 Å². The van der Waals surface area contributed by atoms with Gasteiger partial charge in [0.15, 0.2) is 11.6 Å². The number of anilines is 1. The lowest BCUT2D eigenvalue weighted by Gasteiger charge is -2.30. The zero-order valence-electron chi connectivity index (χ0n) is 12.6. The van der Waals surface area contributed by atoms with Crippen LogP contribution in [0.25, 0.3) is 0 Å². The fourth-order valence-corrected chi connectivity index (χ4v) is 2.77. The van der Waals surface area contributed by atoms with Gasteiger partial charge in [-0.25, -0.2) is 14.4 Å². The molecule has 1 aliphatic rings. The van der Waals surface area contributed by atoms with Gasteiger partial charge >= 0.3 is 0 Å². The van der Waals surface area contributed by atoms with Crippen molar-refractivity contribution in [3.63, 3.8) is 0 Å². The number of rotatable bonds is 4. The predicted molar refractivity (Wildman–Crippen MR) is 83.1 cm³/mol. The topological polar surface area (TPSA) is 47.0 Å². The fraction of sp³-hybridized carbons (Fsp3) is 0.412. The largest absolute Gasteiger partial charge is 0.373 e. The molecule has 0 saturated carbocycles. The van der Waals surface area contributed by atoms with Crippen LogP contribution in [-0.2, 0) is 11.2 Å². The Balaban J connectivity index is 1.71. The molecular weight excluding hydrogens is 281 g/mol. The van der Waals surface area contributed by atoms with Gasteiger partial charge in [0.1, 0.15) is 6.33 Å². The fourth-order valence-electron chi connectivity index (χ4n) is 2.77. The number of ether oxygens (including phenoxy) is 1. The zero-order valence-corrected chi connectivity index (χ0v) is 12.6. The molecular formula is C17H20FN3O. The summed E-state index contributed by atoms with van der Waals surface area (Å²) in [6.07, 6.45) is 3.66. The summed E-state index contributed by atoms with van der Waals surface area (Å²) in [5.41, 5.74) is 1.61. The third-order valence-corrected chi connectivity index (χ3v) is 3.99. The molecule has 22 heavy (non-hydrogen) atoms. The Bertz CT molecular complexity index is 621. The molecule has 1 saturated heterocycles. The van der Waals surface area contributed by atoms with E-state index in [-0.39, 0.29) is 18.0 Å². The van der Waals surface area contributed by atoms with Crippen LogP contribution in [0.15, 0.2) is 36.7 Å². The average Bonchev–Trinajstić information content (AvgIpc) is 2.58. The highest BCUT2D eigenvalue weighted by Crippen LogP contribution is 2.29. The molecule has 0 aliphatic carbocycles. The lowest BCUT2D eigenvalue weighted by Crippen LogP contribution is -2.31. The first-order chi connectivity index (χ1) is 10.8. The maximum absolute atomic E-state index is 14.2. The van der Waals surface area contributed by atoms with Gasteiger partial charge in [-0.3, -0.25) is 0 Å². The Hall–Kier alpha value is -2.01. The summed E-state index contributed by atoms with van der Waals surface area (Å²) in [6, 6.07) is 10.3. The van der Waals surface area contributed by atoms with Crippen LogP contribution in [0.3, 0.4) is 0 Å². The molecule has 0 spiro atoms. The van der Waals surface area contributed by atoms with E-state index in [1.54, 1.807) is 0 Å². The normalized spacial score (nSPS) is 21.5. The van der Waals surface area contributed by atoms with E-state index >= 15 is 0 Å². The van der Waals surface area contributed by atoms with Gasteiger partial charge < -0.3 is 10.1 Å². The highest BCUT2D eigenvalue weighted by atomic mass is 19.1. The number of nitrogens with zero attached hydrogens (tertiary/aromatic N) is 2. The van der Waals surface area contributed by atoms with Crippen LogP contribution < -0.4 is 5.32 Å². The van der Waals surface area contributed by atoms with Gasteiger partial charge in [-0.2, -0.15) is 0 Å². The first kappa shape index (κ1) is 14.9. The summed E-state index contributed by atoms with van der Waals surface area (Å²) >= 11 is 0. The van der Waals surface area contributed by atoms with E-state index in [4.69, 9.17) is 4.74 Å². The minimum atomic E-state index is -0.340. The van der Waals surface area contributed by atoms with Crippen molar-refractivity contribution in [2.45, 2.75) is 38.3 Å². The van der Waals surface area contributed by atoms with E-state index in [9.17, 15) is 4.39 Å².